The zero-order chi connectivity index (χ0) is 13.0. The van der Waals surface area contributed by atoms with Gasteiger partial charge in [0.25, 0.3) is 0 Å². The molecule has 0 spiro atoms. The van der Waals surface area contributed by atoms with Gasteiger partial charge in [-0.3, -0.25) is 0 Å². The van der Waals surface area contributed by atoms with Gasteiger partial charge in [0.1, 0.15) is 6.07 Å². The Labute approximate surface area is 112 Å². The maximum atomic E-state index is 8.78. The third-order valence-corrected chi connectivity index (χ3v) is 3.96. The van der Waals surface area contributed by atoms with Gasteiger partial charge in [-0.25, -0.2) is 0 Å². The molecule has 2 nitrogen and oxygen atoms in total. The molecule has 1 aromatic carbocycles. The van der Waals surface area contributed by atoms with Crippen molar-refractivity contribution in [3.8, 4) is 6.07 Å². The van der Waals surface area contributed by atoms with E-state index in [-0.39, 0.29) is 0 Å². The van der Waals surface area contributed by atoms with Crippen molar-refractivity contribution in [2.24, 2.45) is 0 Å². The highest BCUT2D eigenvalue weighted by molar-refractivity contribution is 7.10. The molecular formula is C15H16N2S. The lowest BCUT2D eigenvalue weighted by Crippen LogP contribution is -2.18. The predicted molar refractivity (Wildman–Crippen MR) is 75.5 cm³/mol. The second-order valence-electron chi connectivity index (χ2n) is 4.37. The Morgan fingerprint density at radius 2 is 2.17 bits per heavy atom. The predicted octanol–water partition coefficient (Wildman–Crippen LogP) is 3.78. The Bertz CT molecular complexity index is 566. The fraction of sp³-hybridized carbons (Fsp3) is 0.267. The van der Waals surface area contributed by atoms with E-state index in [1.165, 1.54) is 16.0 Å². The Morgan fingerprint density at radius 1 is 1.39 bits per heavy atom. The molecular weight excluding hydrogens is 240 g/mol. The number of nitrogens with one attached hydrogen (secondary N) is 1. The zero-order valence-corrected chi connectivity index (χ0v) is 11.4. The van der Waals surface area contributed by atoms with E-state index in [9.17, 15) is 0 Å². The second-order valence-corrected chi connectivity index (χ2v) is 5.37. The first-order valence-corrected chi connectivity index (χ1v) is 6.85. The Kier molecular flexibility index (Phi) is 4.14. The topological polar surface area (TPSA) is 35.8 Å². The van der Waals surface area contributed by atoms with Crippen molar-refractivity contribution in [2.45, 2.75) is 26.4 Å². The Hall–Kier alpha value is -1.63. The Balaban J connectivity index is 1.98. The number of aryl methyl sites for hydroxylation is 1. The van der Waals surface area contributed by atoms with Crippen molar-refractivity contribution in [2.75, 3.05) is 0 Å². The molecule has 1 heterocycles. The van der Waals surface area contributed by atoms with E-state index in [1.54, 1.807) is 11.3 Å². The average Bonchev–Trinajstić information content (AvgIpc) is 2.84. The zero-order valence-electron chi connectivity index (χ0n) is 10.6. The van der Waals surface area contributed by atoms with Crippen LogP contribution < -0.4 is 5.32 Å². The number of hydrogen-bond donors (Lipinski definition) is 1. The van der Waals surface area contributed by atoms with Gasteiger partial charge in [-0.05, 0) is 31.0 Å². The fourth-order valence-corrected chi connectivity index (χ4v) is 2.73. The standard InChI is InChI=1S/C15H16N2S/c1-11-5-3-4-6-15(11)12(2)17-9-14-7-13(8-16)10-18-14/h3-7,10,12,17H,9H2,1-2H3/t12-/m1/s1. The fourth-order valence-electron chi connectivity index (χ4n) is 1.97. The van der Waals surface area contributed by atoms with E-state index in [1.807, 2.05) is 11.4 Å². The molecule has 0 saturated carbocycles. The lowest BCUT2D eigenvalue weighted by Gasteiger charge is -2.15. The summed E-state index contributed by atoms with van der Waals surface area (Å²) < 4.78 is 0. The highest BCUT2D eigenvalue weighted by Gasteiger charge is 2.07. The van der Waals surface area contributed by atoms with Crippen LogP contribution in [0.25, 0.3) is 0 Å². The van der Waals surface area contributed by atoms with Gasteiger partial charge >= 0.3 is 0 Å². The third kappa shape index (κ3) is 2.98. The molecule has 2 rings (SSSR count). The summed E-state index contributed by atoms with van der Waals surface area (Å²) in [6, 6.07) is 12.8. The average molecular weight is 256 g/mol. The first kappa shape index (κ1) is 12.8. The largest absolute Gasteiger partial charge is 0.305 e. The molecule has 0 amide bonds. The molecule has 0 aliphatic heterocycles. The van der Waals surface area contributed by atoms with Gasteiger partial charge in [-0.15, -0.1) is 11.3 Å². The summed E-state index contributed by atoms with van der Waals surface area (Å²) in [5, 5.41) is 14.2. The molecule has 1 N–H and O–H groups in total. The summed E-state index contributed by atoms with van der Waals surface area (Å²) in [6.07, 6.45) is 0. The van der Waals surface area contributed by atoms with Crippen LogP contribution in [0.15, 0.2) is 35.7 Å². The number of nitriles is 1. The van der Waals surface area contributed by atoms with Gasteiger partial charge in [0, 0.05) is 22.8 Å². The van der Waals surface area contributed by atoms with Crippen LogP contribution in [0.1, 0.15) is 34.5 Å². The van der Waals surface area contributed by atoms with Gasteiger partial charge in [-0.2, -0.15) is 5.26 Å². The lowest BCUT2D eigenvalue weighted by molar-refractivity contribution is 0.576. The van der Waals surface area contributed by atoms with Crippen LogP contribution in [0, 0.1) is 18.3 Å². The summed E-state index contributed by atoms with van der Waals surface area (Å²) in [5.74, 6) is 0. The summed E-state index contributed by atoms with van der Waals surface area (Å²) in [5.41, 5.74) is 3.39. The molecule has 0 saturated heterocycles. The van der Waals surface area contributed by atoms with E-state index in [4.69, 9.17) is 5.26 Å². The molecule has 1 aromatic heterocycles. The smallest absolute Gasteiger partial charge is 0.100 e. The van der Waals surface area contributed by atoms with Gasteiger partial charge < -0.3 is 5.32 Å². The highest BCUT2D eigenvalue weighted by Crippen LogP contribution is 2.19. The summed E-state index contributed by atoms with van der Waals surface area (Å²) >= 11 is 1.63. The minimum Gasteiger partial charge on any atom is -0.305 e. The van der Waals surface area contributed by atoms with E-state index >= 15 is 0 Å². The third-order valence-electron chi connectivity index (χ3n) is 3.02. The maximum absolute atomic E-state index is 8.78. The van der Waals surface area contributed by atoms with E-state index in [2.05, 4.69) is 49.5 Å². The number of benzene rings is 1. The van der Waals surface area contributed by atoms with E-state index in [0.29, 0.717) is 6.04 Å². The molecule has 0 radical (unpaired) electrons. The van der Waals surface area contributed by atoms with Crippen molar-refractivity contribution < 1.29 is 0 Å². The number of nitrogens with zero attached hydrogens (tertiary/aromatic N) is 1. The van der Waals surface area contributed by atoms with Gasteiger partial charge in [0.05, 0.1) is 5.56 Å². The van der Waals surface area contributed by atoms with Crippen molar-refractivity contribution in [3.63, 3.8) is 0 Å². The number of hydrogen-bond acceptors (Lipinski definition) is 3. The monoisotopic (exact) mass is 256 g/mol. The Morgan fingerprint density at radius 3 is 2.83 bits per heavy atom. The first-order chi connectivity index (χ1) is 8.70. The molecule has 0 fully saturated rings. The van der Waals surface area contributed by atoms with Crippen molar-refractivity contribution in [1.82, 2.24) is 5.32 Å². The summed E-state index contributed by atoms with van der Waals surface area (Å²) in [4.78, 5) is 1.20. The lowest BCUT2D eigenvalue weighted by atomic mass is 10.0. The minimum absolute atomic E-state index is 0.318. The number of thiophene rings is 1. The first-order valence-electron chi connectivity index (χ1n) is 5.97. The summed E-state index contributed by atoms with van der Waals surface area (Å²) in [7, 11) is 0. The quantitative estimate of drug-likeness (QED) is 0.903. The highest BCUT2D eigenvalue weighted by atomic mass is 32.1. The van der Waals surface area contributed by atoms with Crippen LogP contribution in [0.4, 0.5) is 0 Å². The van der Waals surface area contributed by atoms with Crippen LogP contribution in [0.3, 0.4) is 0 Å². The van der Waals surface area contributed by atoms with Gasteiger partial charge in [0.2, 0.25) is 0 Å². The van der Waals surface area contributed by atoms with E-state index < -0.39 is 0 Å². The van der Waals surface area contributed by atoms with Gasteiger partial charge in [-0.1, -0.05) is 24.3 Å². The van der Waals surface area contributed by atoms with Crippen LogP contribution in [0.2, 0.25) is 0 Å². The van der Waals surface area contributed by atoms with Crippen LogP contribution >= 0.6 is 11.3 Å². The van der Waals surface area contributed by atoms with Crippen molar-refractivity contribution in [3.05, 3.63) is 57.3 Å². The molecule has 0 aliphatic carbocycles. The summed E-state index contributed by atoms with van der Waals surface area (Å²) in [6.45, 7) is 5.11. The van der Waals surface area contributed by atoms with Gasteiger partial charge in [0.15, 0.2) is 0 Å². The molecule has 2 aromatic rings. The van der Waals surface area contributed by atoms with Crippen molar-refractivity contribution in [1.29, 1.82) is 5.26 Å². The SMILES string of the molecule is Cc1ccccc1[C@@H](C)NCc1cc(C#N)cs1. The molecule has 18 heavy (non-hydrogen) atoms. The number of rotatable bonds is 4. The second kappa shape index (κ2) is 5.81. The van der Waals surface area contributed by atoms with Crippen LogP contribution in [-0.2, 0) is 6.54 Å². The molecule has 0 aliphatic rings. The van der Waals surface area contributed by atoms with Crippen LogP contribution in [0.5, 0.6) is 0 Å². The molecule has 92 valence electrons. The van der Waals surface area contributed by atoms with E-state index in [0.717, 1.165) is 12.1 Å². The molecule has 0 unspecified atom stereocenters. The van der Waals surface area contributed by atoms with Crippen molar-refractivity contribution >= 4 is 11.3 Å². The molecule has 0 bridgehead atoms. The molecule has 1 atom stereocenters. The minimum atomic E-state index is 0.318. The maximum Gasteiger partial charge on any atom is 0.100 e. The molecule has 3 heteroatoms. The normalized spacial score (nSPS) is 12.1. The van der Waals surface area contributed by atoms with Crippen LogP contribution in [-0.4, -0.2) is 0 Å².